The van der Waals surface area contributed by atoms with E-state index in [0.717, 1.165) is 5.75 Å². The third-order valence-electron chi connectivity index (χ3n) is 2.11. The van der Waals surface area contributed by atoms with Crippen molar-refractivity contribution in [3.05, 3.63) is 0 Å². The zero-order valence-electron chi connectivity index (χ0n) is 9.78. The monoisotopic (exact) mass is 280 g/mol. The number of carbonyl (C=O) groups is 2. The van der Waals surface area contributed by atoms with Gasteiger partial charge in [0.25, 0.3) is 5.91 Å². The molecule has 0 bridgehead atoms. The lowest BCUT2D eigenvalue weighted by Gasteiger charge is -2.19. The fraction of sp³-hybridized carbons (Fsp3) is 0.667. The SMILES string of the molecule is CC(N)=NCCSC[C@]1(C)NC(=O)NC1=O.Cl. The highest BCUT2D eigenvalue weighted by molar-refractivity contribution is 7.99. The molecule has 0 spiro atoms. The Morgan fingerprint density at radius 1 is 1.53 bits per heavy atom. The van der Waals surface area contributed by atoms with Crippen LogP contribution in [-0.2, 0) is 4.79 Å². The minimum Gasteiger partial charge on any atom is -0.388 e. The average Bonchev–Trinajstić information content (AvgIpc) is 2.39. The van der Waals surface area contributed by atoms with Crippen molar-refractivity contribution in [3.63, 3.8) is 0 Å². The Morgan fingerprint density at radius 2 is 2.18 bits per heavy atom. The van der Waals surface area contributed by atoms with Crippen LogP contribution in [0.15, 0.2) is 4.99 Å². The minimum absolute atomic E-state index is 0. The van der Waals surface area contributed by atoms with E-state index < -0.39 is 11.6 Å². The smallest absolute Gasteiger partial charge is 0.322 e. The summed E-state index contributed by atoms with van der Waals surface area (Å²) >= 11 is 1.56. The third kappa shape index (κ3) is 4.82. The van der Waals surface area contributed by atoms with Crippen molar-refractivity contribution >= 4 is 41.9 Å². The molecule has 8 heteroatoms. The van der Waals surface area contributed by atoms with Crippen molar-refractivity contribution in [3.8, 4) is 0 Å². The van der Waals surface area contributed by atoms with Crippen molar-refractivity contribution < 1.29 is 9.59 Å². The summed E-state index contributed by atoms with van der Waals surface area (Å²) < 4.78 is 0. The van der Waals surface area contributed by atoms with Crippen molar-refractivity contribution in [2.45, 2.75) is 19.4 Å². The van der Waals surface area contributed by atoms with Gasteiger partial charge in [0.15, 0.2) is 0 Å². The molecule has 4 N–H and O–H groups in total. The van der Waals surface area contributed by atoms with Crippen LogP contribution >= 0.6 is 24.2 Å². The molecule has 0 saturated carbocycles. The first kappa shape index (κ1) is 16.1. The van der Waals surface area contributed by atoms with E-state index in [9.17, 15) is 9.59 Å². The molecule has 6 nitrogen and oxygen atoms in total. The van der Waals surface area contributed by atoms with E-state index in [0.29, 0.717) is 18.1 Å². The maximum absolute atomic E-state index is 11.4. The van der Waals surface area contributed by atoms with E-state index in [-0.39, 0.29) is 18.3 Å². The summed E-state index contributed by atoms with van der Waals surface area (Å²) in [5.74, 6) is 1.58. The van der Waals surface area contributed by atoms with Gasteiger partial charge < -0.3 is 11.1 Å². The summed E-state index contributed by atoms with van der Waals surface area (Å²) in [6.45, 7) is 4.06. The molecule has 1 heterocycles. The summed E-state index contributed by atoms with van der Waals surface area (Å²) in [6, 6.07) is -0.427. The number of aliphatic imine (C=N–C) groups is 1. The lowest BCUT2D eigenvalue weighted by atomic mass is 10.1. The van der Waals surface area contributed by atoms with Crippen LogP contribution in [0.5, 0.6) is 0 Å². The summed E-state index contributed by atoms with van der Waals surface area (Å²) in [7, 11) is 0. The quantitative estimate of drug-likeness (QED) is 0.288. The Morgan fingerprint density at radius 3 is 2.65 bits per heavy atom. The molecule has 98 valence electrons. The second-order valence-corrected chi connectivity index (χ2v) is 4.92. The number of amides is 3. The van der Waals surface area contributed by atoms with Crippen LogP contribution in [0.1, 0.15) is 13.8 Å². The van der Waals surface area contributed by atoms with E-state index in [1.807, 2.05) is 0 Å². The van der Waals surface area contributed by atoms with Gasteiger partial charge in [0.05, 0.1) is 5.84 Å². The zero-order chi connectivity index (χ0) is 12.2. The molecule has 1 atom stereocenters. The van der Waals surface area contributed by atoms with E-state index in [1.165, 1.54) is 0 Å². The van der Waals surface area contributed by atoms with Gasteiger partial charge in [-0.1, -0.05) is 0 Å². The van der Waals surface area contributed by atoms with Gasteiger partial charge in [0, 0.05) is 18.1 Å². The van der Waals surface area contributed by atoms with E-state index in [2.05, 4.69) is 15.6 Å². The van der Waals surface area contributed by atoms with E-state index in [4.69, 9.17) is 5.73 Å². The largest absolute Gasteiger partial charge is 0.388 e. The number of carbonyl (C=O) groups excluding carboxylic acids is 2. The Hall–Kier alpha value is -0.950. The molecule has 0 aromatic carbocycles. The summed E-state index contributed by atoms with van der Waals surface area (Å²) in [5.41, 5.74) is 4.58. The van der Waals surface area contributed by atoms with Gasteiger partial charge in [-0.2, -0.15) is 11.8 Å². The lowest BCUT2D eigenvalue weighted by Crippen LogP contribution is -2.46. The van der Waals surface area contributed by atoms with E-state index >= 15 is 0 Å². The Bertz CT molecular complexity index is 333. The molecule has 1 rings (SSSR count). The van der Waals surface area contributed by atoms with E-state index in [1.54, 1.807) is 25.6 Å². The van der Waals surface area contributed by atoms with Gasteiger partial charge >= 0.3 is 6.03 Å². The summed E-state index contributed by atoms with van der Waals surface area (Å²) in [5, 5.41) is 4.82. The number of halogens is 1. The molecular weight excluding hydrogens is 264 g/mol. The fourth-order valence-corrected chi connectivity index (χ4v) is 2.22. The number of hydrogen-bond acceptors (Lipinski definition) is 4. The van der Waals surface area contributed by atoms with Gasteiger partial charge in [-0.05, 0) is 13.8 Å². The normalized spacial score (nSPS) is 24.0. The second-order valence-electron chi connectivity index (χ2n) is 3.82. The molecule has 0 aromatic heterocycles. The summed E-state index contributed by atoms with van der Waals surface area (Å²) in [6.07, 6.45) is 0. The molecule has 17 heavy (non-hydrogen) atoms. The number of nitrogens with one attached hydrogen (secondary N) is 2. The van der Waals surface area contributed by atoms with Crippen LogP contribution < -0.4 is 16.4 Å². The third-order valence-corrected chi connectivity index (χ3v) is 3.36. The molecule has 0 unspecified atom stereocenters. The van der Waals surface area contributed by atoms with Gasteiger partial charge in [0.1, 0.15) is 5.54 Å². The number of rotatable bonds is 5. The van der Waals surface area contributed by atoms with Crippen LogP contribution in [0.2, 0.25) is 0 Å². The van der Waals surface area contributed by atoms with Crippen molar-refractivity contribution in [2.75, 3.05) is 18.1 Å². The number of amidine groups is 1. The molecule has 1 fully saturated rings. The lowest BCUT2D eigenvalue weighted by molar-refractivity contribution is -0.122. The van der Waals surface area contributed by atoms with Crippen LogP contribution in [0.25, 0.3) is 0 Å². The average molecular weight is 281 g/mol. The predicted molar refractivity (Wildman–Crippen MR) is 71.8 cm³/mol. The van der Waals surface area contributed by atoms with Crippen LogP contribution in [0.4, 0.5) is 4.79 Å². The highest BCUT2D eigenvalue weighted by Crippen LogP contribution is 2.16. The second kappa shape index (κ2) is 6.70. The highest BCUT2D eigenvalue weighted by Gasteiger charge is 2.41. The number of imide groups is 1. The first-order valence-corrected chi connectivity index (χ1v) is 6.07. The predicted octanol–water partition coefficient (Wildman–Crippen LogP) is 0.117. The molecule has 0 aliphatic carbocycles. The zero-order valence-corrected chi connectivity index (χ0v) is 11.4. The first-order valence-electron chi connectivity index (χ1n) is 4.92. The molecule has 0 radical (unpaired) electrons. The molecular formula is C9H17ClN4O2S. The van der Waals surface area contributed by atoms with Crippen molar-refractivity contribution in [2.24, 2.45) is 10.7 Å². The summed E-state index contributed by atoms with van der Waals surface area (Å²) in [4.78, 5) is 26.4. The number of nitrogens with zero attached hydrogens (tertiary/aromatic N) is 1. The van der Waals surface area contributed by atoms with Gasteiger partial charge in [-0.3, -0.25) is 15.1 Å². The van der Waals surface area contributed by atoms with Crippen LogP contribution in [-0.4, -0.2) is 41.4 Å². The molecule has 1 aliphatic heterocycles. The number of nitrogens with two attached hydrogens (primary N) is 1. The topological polar surface area (TPSA) is 96.6 Å². The van der Waals surface area contributed by atoms with Gasteiger partial charge in [-0.25, -0.2) is 4.79 Å². The highest BCUT2D eigenvalue weighted by atomic mass is 35.5. The maximum atomic E-state index is 11.4. The molecule has 1 saturated heterocycles. The van der Waals surface area contributed by atoms with Crippen LogP contribution in [0.3, 0.4) is 0 Å². The van der Waals surface area contributed by atoms with Crippen molar-refractivity contribution in [1.82, 2.24) is 10.6 Å². The number of thioether (sulfide) groups is 1. The standard InChI is InChI=1S/C9H16N4O2S.ClH/c1-6(10)11-3-4-16-5-9(2)7(14)12-8(15)13-9;/h3-5H2,1-2H3,(H2,10,11)(H2,12,13,14,15);1H/t9-;/m0./s1. The molecule has 0 aromatic rings. The van der Waals surface area contributed by atoms with Gasteiger partial charge in [-0.15, -0.1) is 12.4 Å². The Labute approximate surface area is 111 Å². The van der Waals surface area contributed by atoms with Crippen molar-refractivity contribution in [1.29, 1.82) is 0 Å². The maximum Gasteiger partial charge on any atom is 0.322 e. The molecule has 3 amide bonds. The fourth-order valence-electron chi connectivity index (χ4n) is 1.24. The Balaban J connectivity index is 0.00000256. The van der Waals surface area contributed by atoms with Gasteiger partial charge in [0.2, 0.25) is 0 Å². The minimum atomic E-state index is -0.802. The van der Waals surface area contributed by atoms with Crippen LogP contribution in [0, 0.1) is 0 Å². The number of urea groups is 1. The number of hydrogen-bond donors (Lipinski definition) is 3. The Kier molecular flexibility index (Phi) is 6.33. The molecule has 1 aliphatic rings. The first-order chi connectivity index (χ1) is 7.44.